The molecule has 1 atom stereocenters. The van der Waals surface area contributed by atoms with E-state index in [0.29, 0.717) is 0 Å². The maximum Gasteiger partial charge on any atom is 1.00 e. The normalized spacial score (nSPS) is 15.5. The van der Waals surface area contributed by atoms with Crippen molar-refractivity contribution < 1.29 is 54.7 Å². The van der Waals surface area contributed by atoms with E-state index in [9.17, 15) is 35.8 Å². The van der Waals surface area contributed by atoms with Crippen LogP contribution in [-0.4, -0.2) is 24.6 Å². The number of rotatable bonds is 3. The summed E-state index contributed by atoms with van der Waals surface area (Å²) in [4.78, 5) is 0. The van der Waals surface area contributed by atoms with E-state index < -0.39 is 24.6 Å². The van der Waals surface area contributed by atoms with Crippen molar-refractivity contribution in [1.29, 1.82) is 0 Å². The third-order valence-electron chi connectivity index (χ3n) is 0.956. The first-order chi connectivity index (χ1) is 5.10. The smallest absolute Gasteiger partial charge is 0.793 e. The second-order valence-corrected chi connectivity index (χ2v) is 1.88. The van der Waals surface area contributed by atoms with Crippen molar-refractivity contribution in [3.8, 4) is 0 Å². The molecule has 0 fully saturated rings. The van der Waals surface area contributed by atoms with Gasteiger partial charge in [0, 0.05) is 0 Å². The Morgan fingerprint density at radius 2 is 1.23 bits per heavy atom. The van der Waals surface area contributed by atoms with Crippen LogP contribution in [0.25, 0.3) is 0 Å². The summed E-state index contributed by atoms with van der Waals surface area (Å²) in [6, 6.07) is 0. The molecule has 0 aliphatic rings. The van der Waals surface area contributed by atoms with Crippen molar-refractivity contribution in [3.63, 3.8) is 0 Å². The van der Waals surface area contributed by atoms with Gasteiger partial charge >= 0.3 is 24.8 Å². The van der Waals surface area contributed by atoms with E-state index >= 15 is 0 Å². The number of hydrogen-bond acceptors (Lipinski definition) is 1. The Balaban J connectivity index is 0. The first-order valence-electron chi connectivity index (χ1n) is 2.49. The largest absolute Gasteiger partial charge is 1.00 e. The molecule has 1 unspecified atom stereocenters. The standard InChI is InChI=1S/C4H2F7O.Li/c5-1(2(6)7)3(8,9)4(10,11)12;/h1-2H;/q-1;+1. The molecule has 0 amide bonds. The van der Waals surface area contributed by atoms with Gasteiger partial charge in [-0.1, -0.05) is 0 Å². The van der Waals surface area contributed by atoms with Crippen LogP contribution in [0.2, 0.25) is 0 Å². The van der Waals surface area contributed by atoms with Crippen LogP contribution >= 0.6 is 0 Å². The van der Waals surface area contributed by atoms with Gasteiger partial charge in [0.05, 0.1) is 0 Å². The minimum Gasteiger partial charge on any atom is -0.793 e. The molecule has 0 aromatic carbocycles. The van der Waals surface area contributed by atoms with E-state index in [4.69, 9.17) is 0 Å². The Morgan fingerprint density at radius 3 is 1.31 bits per heavy atom. The van der Waals surface area contributed by atoms with Crippen molar-refractivity contribution in [1.82, 2.24) is 0 Å². The molecule has 1 nitrogen and oxygen atoms in total. The summed E-state index contributed by atoms with van der Waals surface area (Å²) in [5, 5.41) is 9.21. The van der Waals surface area contributed by atoms with E-state index in [1.807, 2.05) is 0 Å². The first-order valence-corrected chi connectivity index (χ1v) is 2.49. The molecule has 0 aliphatic carbocycles. The molecule has 0 aliphatic heterocycles. The molecule has 0 N–H and O–H groups in total. The Labute approximate surface area is 80.1 Å². The summed E-state index contributed by atoms with van der Waals surface area (Å²) < 4.78 is 79.7. The van der Waals surface area contributed by atoms with Gasteiger partial charge in [-0.3, -0.25) is 0 Å². The maximum atomic E-state index is 11.7. The molecule has 0 heterocycles. The Kier molecular flexibility index (Phi) is 5.41. The van der Waals surface area contributed by atoms with Gasteiger partial charge in [0.1, 0.15) is 0 Å². The molecule has 13 heavy (non-hydrogen) atoms. The van der Waals surface area contributed by atoms with Gasteiger partial charge in [0.25, 0.3) is 12.5 Å². The molecule has 0 bridgehead atoms. The van der Waals surface area contributed by atoms with Gasteiger partial charge in [0.15, 0.2) is 0 Å². The zero-order chi connectivity index (χ0) is 10.2. The van der Waals surface area contributed by atoms with Crippen LogP contribution in [0.3, 0.4) is 0 Å². The second kappa shape index (κ2) is 4.53. The van der Waals surface area contributed by atoms with Crippen LogP contribution in [0, 0.1) is 0 Å². The third kappa shape index (κ3) is 3.36. The minimum absolute atomic E-state index is 0. The van der Waals surface area contributed by atoms with Crippen LogP contribution in [-0.2, 0) is 0 Å². The molecule has 0 radical (unpaired) electrons. The summed E-state index contributed by atoms with van der Waals surface area (Å²) >= 11 is 0. The Bertz CT molecular complexity index is 155. The van der Waals surface area contributed by atoms with Crippen molar-refractivity contribution in [2.75, 3.05) is 0 Å². The fraction of sp³-hybridized carbons (Fsp3) is 1.00. The Morgan fingerprint density at radius 1 is 0.923 bits per heavy atom. The van der Waals surface area contributed by atoms with Crippen molar-refractivity contribution in [2.45, 2.75) is 24.6 Å². The number of halogens is 7. The average molecular weight is 206 g/mol. The Hall–Kier alpha value is 0.0674. The predicted molar refractivity (Wildman–Crippen MR) is 20.8 cm³/mol. The quantitative estimate of drug-likeness (QED) is 0.394. The summed E-state index contributed by atoms with van der Waals surface area (Å²) in [6.45, 7) is 0. The van der Waals surface area contributed by atoms with Gasteiger partial charge in [-0.25, -0.2) is 22.0 Å². The SMILES string of the molecule is [Li+].[O-]C(F)(F)C(F)(F)C(F)C(F)F. The summed E-state index contributed by atoms with van der Waals surface area (Å²) in [7, 11) is 0. The number of hydrogen-bond donors (Lipinski definition) is 0. The van der Waals surface area contributed by atoms with E-state index in [-0.39, 0.29) is 18.9 Å². The van der Waals surface area contributed by atoms with Gasteiger partial charge < -0.3 is 5.11 Å². The van der Waals surface area contributed by atoms with Crippen LogP contribution in [0.4, 0.5) is 30.7 Å². The zero-order valence-electron chi connectivity index (χ0n) is 6.21. The average Bonchev–Trinajstić information content (AvgIpc) is 1.83. The molecular formula is C4H2F7LiO. The molecule has 0 rings (SSSR count). The molecular weight excluding hydrogens is 204 g/mol. The van der Waals surface area contributed by atoms with Gasteiger partial charge in [-0.2, -0.15) is 8.78 Å². The first kappa shape index (κ1) is 15.5. The van der Waals surface area contributed by atoms with Crippen LogP contribution in [0.15, 0.2) is 0 Å². The van der Waals surface area contributed by atoms with Gasteiger partial charge in [-0.15, -0.1) is 0 Å². The topological polar surface area (TPSA) is 23.1 Å². The minimum atomic E-state index is -6.04. The van der Waals surface area contributed by atoms with Crippen LogP contribution in [0.1, 0.15) is 0 Å². The molecule has 9 heteroatoms. The maximum absolute atomic E-state index is 11.7. The molecule has 0 spiro atoms. The summed E-state index contributed by atoms with van der Waals surface area (Å²) in [5.74, 6) is -5.89. The van der Waals surface area contributed by atoms with E-state index in [1.54, 1.807) is 0 Å². The van der Waals surface area contributed by atoms with Crippen LogP contribution in [0.5, 0.6) is 0 Å². The molecule has 0 saturated carbocycles. The summed E-state index contributed by atoms with van der Waals surface area (Å²) in [6.07, 6.45) is -14.8. The van der Waals surface area contributed by atoms with Crippen molar-refractivity contribution in [2.24, 2.45) is 0 Å². The van der Waals surface area contributed by atoms with E-state index in [1.165, 1.54) is 0 Å². The monoisotopic (exact) mass is 206 g/mol. The van der Waals surface area contributed by atoms with Crippen molar-refractivity contribution >= 4 is 0 Å². The molecule has 74 valence electrons. The van der Waals surface area contributed by atoms with E-state index in [0.717, 1.165) is 0 Å². The number of alkyl halides is 7. The van der Waals surface area contributed by atoms with Gasteiger partial charge in [0.2, 0.25) is 6.17 Å². The molecule has 0 saturated heterocycles. The fourth-order valence-electron chi connectivity index (χ4n) is 0.319. The van der Waals surface area contributed by atoms with E-state index in [2.05, 4.69) is 0 Å². The van der Waals surface area contributed by atoms with Crippen LogP contribution < -0.4 is 24.0 Å². The fourth-order valence-corrected chi connectivity index (χ4v) is 0.319. The molecule has 0 aromatic rings. The third-order valence-corrected chi connectivity index (χ3v) is 0.956. The van der Waals surface area contributed by atoms with Gasteiger partial charge in [-0.05, 0) is 0 Å². The molecule has 0 aromatic heterocycles. The zero-order valence-corrected chi connectivity index (χ0v) is 6.21. The predicted octanol–water partition coefficient (Wildman–Crippen LogP) is -1.82. The van der Waals surface area contributed by atoms with Crippen molar-refractivity contribution in [3.05, 3.63) is 0 Å². The summed E-state index contributed by atoms with van der Waals surface area (Å²) in [5.41, 5.74) is 0. The second-order valence-electron chi connectivity index (χ2n) is 1.88.